The SMILES string of the molecule is Cc1ccc2c(Nc3cccc(C(F)(F)F)c3)c(C(=O)N3CCOCC3)cnc2n1.Cl. The van der Waals surface area contributed by atoms with E-state index >= 15 is 0 Å². The summed E-state index contributed by atoms with van der Waals surface area (Å²) in [5.41, 5.74) is 1.24. The van der Waals surface area contributed by atoms with E-state index in [0.717, 1.165) is 17.8 Å². The predicted molar refractivity (Wildman–Crippen MR) is 113 cm³/mol. The Morgan fingerprint density at radius 1 is 1.16 bits per heavy atom. The van der Waals surface area contributed by atoms with Crippen molar-refractivity contribution in [2.24, 2.45) is 0 Å². The summed E-state index contributed by atoms with van der Waals surface area (Å²) < 4.78 is 44.7. The molecule has 1 amide bonds. The van der Waals surface area contributed by atoms with E-state index in [-0.39, 0.29) is 29.6 Å². The van der Waals surface area contributed by atoms with Crippen LogP contribution in [0.15, 0.2) is 42.6 Å². The summed E-state index contributed by atoms with van der Waals surface area (Å²) in [6.45, 7) is 3.56. The Kier molecular flexibility index (Phi) is 6.66. The lowest BCUT2D eigenvalue weighted by Crippen LogP contribution is -2.41. The number of morpholine rings is 1. The van der Waals surface area contributed by atoms with E-state index in [0.29, 0.717) is 43.0 Å². The van der Waals surface area contributed by atoms with Gasteiger partial charge in [-0.05, 0) is 37.3 Å². The fourth-order valence-corrected chi connectivity index (χ4v) is 3.32. The average Bonchev–Trinajstić information content (AvgIpc) is 2.73. The first-order valence-electron chi connectivity index (χ1n) is 9.40. The van der Waals surface area contributed by atoms with Gasteiger partial charge < -0.3 is 15.0 Å². The molecule has 0 bridgehead atoms. The van der Waals surface area contributed by atoms with Crippen LogP contribution in [0.25, 0.3) is 11.0 Å². The molecule has 1 fully saturated rings. The lowest BCUT2D eigenvalue weighted by Gasteiger charge is -2.27. The molecule has 3 heterocycles. The summed E-state index contributed by atoms with van der Waals surface area (Å²) in [5.74, 6) is -0.261. The molecule has 3 aromatic rings. The maximum absolute atomic E-state index is 13.1. The van der Waals surface area contributed by atoms with Crippen LogP contribution >= 0.6 is 12.4 Å². The fraction of sp³-hybridized carbons (Fsp3) is 0.286. The van der Waals surface area contributed by atoms with Crippen molar-refractivity contribution in [3.8, 4) is 0 Å². The third-order valence-electron chi connectivity index (χ3n) is 4.86. The number of alkyl halides is 3. The second-order valence-corrected chi connectivity index (χ2v) is 6.98. The number of hydrogen-bond donors (Lipinski definition) is 1. The summed E-state index contributed by atoms with van der Waals surface area (Å²) in [4.78, 5) is 23.5. The molecule has 31 heavy (non-hydrogen) atoms. The molecule has 164 valence electrons. The number of anilines is 2. The van der Waals surface area contributed by atoms with E-state index in [1.54, 1.807) is 17.0 Å². The first kappa shape index (κ1) is 22.8. The third kappa shape index (κ3) is 4.88. The van der Waals surface area contributed by atoms with E-state index in [1.165, 1.54) is 18.3 Å². The zero-order valence-corrected chi connectivity index (χ0v) is 17.4. The highest BCUT2D eigenvalue weighted by atomic mass is 35.5. The third-order valence-corrected chi connectivity index (χ3v) is 4.86. The van der Waals surface area contributed by atoms with Gasteiger partial charge in [0.05, 0.1) is 30.0 Å². The largest absolute Gasteiger partial charge is 0.416 e. The number of ether oxygens (including phenoxy) is 1. The van der Waals surface area contributed by atoms with Gasteiger partial charge in [-0.3, -0.25) is 4.79 Å². The minimum Gasteiger partial charge on any atom is -0.378 e. The molecule has 1 saturated heterocycles. The van der Waals surface area contributed by atoms with Crippen molar-refractivity contribution in [3.63, 3.8) is 0 Å². The van der Waals surface area contributed by atoms with E-state index < -0.39 is 11.7 Å². The Balaban J connectivity index is 0.00000272. The van der Waals surface area contributed by atoms with Crippen LogP contribution in [-0.4, -0.2) is 47.1 Å². The number of amides is 1. The Morgan fingerprint density at radius 3 is 2.61 bits per heavy atom. The van der Waals surface area contributed by atoms with E-state index in [1.807, 2.05) is 6.92 Å². The molecule has 6 nitrogen and oxygen atoms in total. The normalized spacial score (nSPS) is 14.3. The van der Waals surface area contributed by atoms with Gasteiger partial charge in [0.1, 0.15) is 0 Å². The van der Waals surface area contributed by atoms with Crippen LogP contribution in [-0.2, 0) is 10.9 Å². The summed E-state index contributed by atoms with van der Waals surface area (Å²) in [6, 6.07) is 8.38. The fourth-order valence-electron chi connectivity index (χ4n) is 3.32. The van der Waals surface area contributed by atoms with E-state index in [2.05, 4.69) is 15.3 Å². The quantitative estimate of drug-likeness (QED) is 0.629. The minimum atomic E-state index is -4.47. The number of fused-ring (bicyclic) bond motifs is 1. The Labute approximate surface area is 182 Å². The Morgan fingerprint density at radius 2 is 1.90 bits per heavy atom. The molecule has 0 saturated carbocycles. The number of benzene rings is 1. The topological polar surface area (TPSA) is 67.4 Å². The van der Waals surface area contributed by atoms with Crippen molar-refractivity contribution >= 4 is 40.7 Å². The van der Waals surface area contributed by atoms with Gasteiger partial charge in [0, 0.05) is 36.1 Å². The van der Waals surface area contributed by atoms with Crippen LogP contribution in [0.5, 0.6) is 0 Å². The standard InChI is InChI=1S/C21H19F3N4O2.ClH/c1-13-5-6-16-18(27-15-4-2-3-14(11-15)21(22,23)24)17(12-25-19(16)26-13)20(29)28-7-9-30-10-8-28;/h2-6,11-12H,7-10H2,1H3,(H,25,26,27);1H. The molecular formula is C21H20ClF3N4O2. The lowest BCUT2D eigenvalue weighted by atomic mass is 10.1. The summed E-state index contributed by atoms with van der Waals surface area (Å²) >= 11 is 0. The molecule has 10 heteroatoms. The lowest BCUT2D eigenvalue weighted by molar-refractivity contribution is -0.137. The van der Waals surface area contributed by atoms with Crippen molar-refractivity contribution in [2.75, 3.05) is 31.6 Å². The second kappa shape index (κ2) is 9.07. The molecule has 1 aromatic carbocycles. The van der Waals surface area contributed by atoms with Crippen LogP contribution < -0.4 is 5.32 Å². The van der Waals surface area contributed by atoms with Gasteiger partial charge in [-0.15, -0.1) is 12.4 Å². The maximum atomic E-state index is 13.1. The van der Waals surface area contributed by atoms with Crippen molar-refractivity contribution in [1.29, 1.82) is 0 Å². The molecule has 4 rings (SSSR count). The smallest absolute Gasteiger partial charge is 0.378 e. The van der Waals surface area contributed by atoms with Crippen molar-refractivity contribution in [3.05, 3.63) is 59.4 Å². The monoisotopic (exact) mass is 452 g/mol. The van der Waals surface area contributed by atoms with Gasteiger partial charge in [0.25, 0.3) is 5.91 Å². The van der Waals surface area contributed by atoms with E-state index in [9.17, 15) is 18.0 Å². The van der Waals surface area contributed by atoms with Crippen molar-refractivity contribution in [2.45, 2.75) is 13.1 Å². The Bertz CT molecular complexity index is 1100. The molecule has 0 aliphatic carbocycles. The number of pyridine rings is 2. The number of aryl methyl sites for hydroxylation is 1. The molecule has 1 aliphatic heterocycles. The first-order chi connectivity index (χ1) is 14.3. The second-order valence-electron chi connectivity index (χ2n) is 6.98. The number of carbonyl (C=O) groups excluding carboxylic acids is 1. The van der Waals surface area contributed by atoms with Crippen LogP contribution in [0.1, 0.15) is 21.6 Å². The molecule has 0 radical (unpaired) electrons. The summed E-state index contributed by atoms with van der Waals surface area (Å²) in [6.07, 6.45) is -3.05. The highest BCUT2D eigenvalue weighted by Crippen LogP contribution is 2.34. The summed E-state index contributed by atoms with van der Waals surface area (Å²) in [7, 11) is 0. The molecule has 0 atom stereocenters. The molecule has 0 spiro atoms. The van der Waals surface area contributed by atoms with Gasteiger partial charge in [0.2, 0.25) is 0 Å². The zero-order chi connectivity index (χ0) is 21.3. The number of aromatic nitrogens is 2. The number of halogens is 4. The predicted octanol–water partition coefficient (Wildman–Crippen LogP) is 4.59. The summed E-state index contributed by atoms with van der Waals surface area (Å²) in [5, 5.41) is 3.56. The molecular weight excluding hydrogens is 433 g/mol. The minimum absolute atomic E-state index is 0. The van der Waals surface area contributed by atoms with Gasteiger partial charge in [0.15, 0.2) is 5.65 Å². The highest BCUT2D eigenvalue weighted by molar-refractivity contribution is 6.07. The number of nitrogens with one attached hydrogen (secondary N) is 1. The molecule has 0 unspecified atom stereocenters. The van der Waals surface area contributed by atoms with Crippen molar-refractivity contribution in [1.82, 2.24) is 14.9 Å². The maximum Gasteiger partial charge on any atom is 0.416 e. The van der Waals surface area contributed by atoms with Gasteiger partial charge >= 0.3 is 6.18 Å². The Hall–Kier alpha value is -2.91. The van der Waals surface area contributed by atoms with Crippen LogP contribution in [0.3, 0.4) is 0 Å². The molecule has 1 aliphatic rings. The highest BCUT2D eigenvalue weighted by Gasteiger charge is 2.30. The number of nitrogens with zero attached hydrogens (tertiary/aromatic N) is 3. The average molecular weight is 453 g/mol. The zero-order valence-electron chi connectivity index (χ0n) is 16.6. The van der Waals surface area contributed by atoms with Gasteiger partial charge in [-0.1, -0.05) is 6.07 Å². The number of carbonyl (C=O) groups is 1. The molecule has 2 aromatic heterocycles. The first-order valence-corrected chi connectivity index (χ1v) is 9.40. The van der Waals surface area contributed by atoms with Crippen molar-refractivity contribution < 1.29 is 22.7 Å². The van der Waals surface area contributed by atoms with Crippen LogP contribution in [0, 0.1) is 6.92 Å². The van der Waals surface area contributed by atoms with Gasteiger partial charge in [-0.25, -0.2) is 9.97 Å². The van der Waals surface area contributed by atoms with Gasteiger partial charge in [-0.2, -0.15) is 13.2 Å². The number of rotatable bonds is 3. The van der Waals surface area contributed by atoms with Crippen LogP contribution in [0.2, 0.25) is 0 Å². The number of hydrogen-bond acceptors (Lipinski definition) is 5. The van der Waals surface area contributed by atoms with E-state index in [4.69, 9.17) is 4.74 Å². The van der Waals surface area contributed by atoms with Crippen LogP contribution in [0.4, 0.5) is 24.5 Å². The molecule has 1 N–H and O–H groups in total.